The number of rotatable bonds is 6. The summed E-state index contributed by atoms with van der Waals surface area (Å²) in [5.41, 5.74) is 1.13. The highest BCUT2D eigenvalue weighted by Gasteiger charge is 2.42. The van der Waals surface area contributed by atoms with Crippen LogP contribution in [0.1, 0.15) is 49.2 Å². The quantitative estimate of drug-likeness (QED) is 0.726. The van der Waals surface area contributed by atoms with Crippen molar-refractivity contribution in [1.82, 2.24) is 9.62 Å². The van der Waals surface area contributed by atoms with E-state index in [1.54, 1.807) is 19.1 Å². The maximum atomic E-state index is 13.2. The predicted octanol–water partition coefficient (Wildman–Crippen LogP) is 3.04. The second-order valence-corrected chi connectivity index (χ2v) is 10.6. The summed E-state index contributed by atoms with van der Waals surface area (Å²) < 4.78 is 45.1. The van der Waals surface area contributed by atoms with Crippen LogP contribution >= 0.6 is 0 Å². The van der Waals surface area contributed by atoms with E-state index in [1.165, 1.54) is 10.4 Å². The van der Waals surface area contributed by atoms with Crippen LogP contribution in [-0.2, 0) is 19.5 Å². The molecule has 1 N–H and O–H groups in total. The normalized spacial score (nSPS) is 19.5. The van der Waals surface area contributed by atoms with Gasteiger partial charge in [-0.15, -0.1) is 0 Å². The molecule has 1 aromatic carbocycles. The van der Waals surface area contributed by atoms with E-state index in [1.807, 2.05) is 0 Å². The Morgan fingerprint density at radius 3 is 2.52 bits per heavy atom. The van der Waals surface area contributed by atoms with Gasteiger partial charge in [0.15, 0.2) is 11.5 Å². The molecule has 1 aromatic heterocycles. The van der Waals surface area contributed by atoms with Crippen molar-refractivity contribution in [3.05, 3.63) is 29.5 Å². The number of carbonyl (C=O) groups is 1. The van der Waals surface area contributed by atoms with Gasteiger partial charge in [-0.1, -0.05) is 13.8 Å². The van der Waals surface area contributed by atoms with Crippen LogP contribution in [0, 0.1) is 12.8 Å². The average Bonchev–Trinajstić information content (AvgIpc) is 3.32. The summed E-state index contributed by atoms with van der Waals surface area (Å²) in [7, 11) is -3.67. The first-order valence-corrected chi connectivity index (χ1v) is 12.3. The van der Waals surface area contributed by atoms with Gasteiger partial charge >= 0.3 is 0 Å². The van der Waals surface area contributed by atoms with E-state index < -0.39 is 15.8 Å². The molecule has 2 aromatic rings. The van der Waals surface area contributed by atoms with Crippen LogP contribution in [0.4, 0.5) is 0 Å². The monoisotopic (exact) mass is 450 g/mol. The molecule has 4 rings (SSSR count). The number of piperidine rings is 1. The Hall–Kier alpha value is -1.94. The van der Waals surface area contributed by atoms with Crippen molar-refractivity contribution in [2.45, 2.75) is 50.7 Å². The van der Waals surface area contributed by atoms with Crippen LogP contribution in [0.5, 0.6) is 0 Å². The first kappa shape index (κ1) is 22.3. The van der Waals surface area contributed by atoms with Crippen LogP contribution in [-0.4, -0.2) is 57.3 Å². The number of amides is 1. The number of hydrogen-bond donors (Lipinski definition) is 1. The topological polar surface area (TPSA) is 98.1 Å². The van der Waals surface area contributed by atoms with Gasteiger partial charge in [0, 0.05) is 43.4 Å². The molecular formula is C22H30N2O6S. The Balaban J connectivity index is 1.53. The van der Waals surface area contributed by atoms with Crippen LogP contribution in [0.15, 0.2) is 27.5 Å². The number of nitrogens with one attached hydrogen (secondary N) is 1. The highest BCUT2D eigenvalue weighted by atomic mass is 32.2. The number of furan rings is 1. The molecule has 0 unspecified atom stereocenters. The molecule has 2 fully saturated rings. The second-order valence-electron chi connectivity index (χ2n) is 8.66. The van der Waals surface area contributed by atoms with E-state index in [0.29, 0.717) is 68.1 Å². The van der Waals surface area contributed by atoms with E-state index in [9.17, 15) is 13.2 Å². The van der Waals surface area contributed by atoms with Crippen LogP contribution in [0.2, 0.25) is 0 Å². The van der Waals surface area contributed by atoms with Gasteiger partial charge < -0.3 is 19.2 Å². The number of benzene rings is 1. The molecule has 0 saturated carbocycles. The number of aryl methyl sites for hydroxylation is 1. The summed E-state index contributed by atoms with van der Waals surface area (Å²) in [6, 6.07) is 4.75. The first-order chi connectivity index (χ1) is 14.7. The summed E-state index contributed by atoms with van der Waals surface area (Å²) in [6.07, 6.45) is 1.90. The molecule has 3 heterocycles. The standard InChI is InChI=1S/C22H30N2O6S/c1-15(2)6-9-23-21(25)20-16(3)18-14-17(4-5-19(18)30-20)31(26,27)24-10-7-22(8-11-24)28-12-13-29-22/h4-5,14-15H,6-13H2,1-3H3,(H,23,25). The van der Waals surface area contributed by atoms with Crippen molar-refractivity contribution in [2.75, 3.05) is 32.8 Å². The lowest BCUT2D eigenvalue weighted by molar-refractivity contribution is -0.179. The maximum absolute atomic E-state index is 13.2. The number of nitrogens with zero attached hydrogens (tertiary/aromatic N) is 1. The third-order valence-electron chi connectivity index (χ3n) is 6.06. The fraction of sp³-hybridized carbons (Fsp3) is 0.591. The molecule has 9 heteroatoms. The predicted molar refractivity (Wildman–Crippen MR) is 115 cm³/mol. The Labute approximate surface area is 182 Å². The number of hydrogen-bond acceptors (Lipinski definition) is 6. The highest BCUT2D eigenvalue weighted by molar-refractivity contribution is 7.89. The summed E-state index contributed by atoms with van der Waals surface area (Å²) in [6.45, 7) is 8.32. The van der Waals surface area contributed by atoms with Crippen LogP contribution in [0.25, 0.3) is 11.0 Å². The molecule has 2 saturated heterocycles. The minimum atomic E-state index is -3.67. The number of fused-ring (bicyclic) bond motifs is 1. The van der Waals surface area contributed by atoms with Crippen molar-refractivity contribution in [3.8, 4) is 0 Å². The number of ether oxygens (including phenoxy) is 2. The molecule has 31 heavy (non-hydrogen) atoms. The van der Waals surface area contributed by atoms with Gasteiger partial charge in [-0.3, -0.25) is 4.79 Å². The van der Waals surface area contributed by atoms with Gasteiger partial charge in [0.25, 0.3) is 5.91 Å². The minimum Gasteiger partial charge on any atom is -0.451 e. The van der Waals surface area contributed by atoms with Crippen molar-refractivity contribution < 1.29 is 27.1 Å². The van der Waals surface area contributed by atoms with Gasteiger partial charge in [-0.2, -0.15) is 4.31 Å². The average molecular weight is 451 g/mol. The zero-order valence-corrected chi connectivity index (χ0v) is 19.1. The van der Waals surface area contributed by atoms with E-state index in [0.717, 1.165) is 6.42 Å². The molecule has 8 nitrogen and oxygen atoms in total. The zero-order valence-electron chi connectivity index (χ0n) is 18.3. The summed E-state index contributed by atoms with van der Waals surface area (Å²) >= 11 is 0. The van der Waals surface area contributed by atoms with Gasteiger partial charge in [0.05, 0.1) is 18.1 Å². The third-order valence-corrected chi connectivity index (χ3v) is 7.95. The summed E-state index contributed by atoms with van der Waals surface area (Å²) in [5.74, 6) is -0.198. The molecule has 0 atom stereocenters. The molecule has 0 aliphatic carbocycles. The largest absolute Gasteiger partial charge is 0.451 e. The maximum Gasteiger partial charge on any atom is 0.287 e. The van der Waals surface area contributed by atoms with Gasteiger partial charge in [-0.25, -0.2) is 8.42 Å². The first-order valence-electron chi connectivity index (χ1n) is 10.8. The minimum absolute atomic E-state index is 0.194. The molecular weight excluding hydrogens is 420 g/mol. The molecule has 2 aliphatic heterocycles. The molecule has 1 spiro atoms. The number of carbonyl (C=O) groups excluding carboxylic acids is 1. The van der Waals surface area contributed by atoms with E-state index in [4.69, 9.17) is 13.9 Å². The van der Waals surface area contributed by atoms with Gasteiger partial charge in [-0.05, 0) is 37.5 Å². The Morgan fingerprint density at radius 2 is 1.87 bits per heavy atom. The second kappa shape index (κ2) is 8.54. The SMILES string of the molecule is Cc1c(C(=O)NCCC(C)C)oc2ccc(S(=O)(=O)N3CCC4(CC3)OCCO4)cc12. The Morgan fingerprint density at radius 1 is 1.19 bits per heavy atom. The zero-order chi connectivity index (χ0) is 22.2. The smallest absolute Gasteiger partial charge is 0.287 e. The highest BCUT2D eigenvalue weighted by Crippen LogP contribution is 2.34. The van der Waals surface area contributed by atoms with Crippen molar-refractivity contribution in [1.29, 1.82) is 0 Å². The van der Waals surface area contributed by atoms with Crippen LogP contribution < -0.4 is 5.32 Å². The van der Waals surface area contributed by atoms with E-state index in [-0.39, 0.29) is 16.6 Å². The van der Waals surface area contributed by atoms with E-state index >= 15 is 0 Å². The lowest BCUT2D eigenvalue weighted by Crippen LogP contribution is -2.47. The van der Waals surface area contributed by atoms with Gasteiger partial charge in [0.2, 0.25) is 10.0 Å². The number of sulfonamides is 1. The third kappa shape index (κ3) is 4.37. The van der Waals surface area contributed by atoms with Crippen molar-refractivity contribution >= 4 is 26.9 Å². The van der Waals surface area contributed by atoms with Crippen LogP contribution in [0.3, 0.4) is 0 Å². The molecule has 2 aliphatic rings. The van der Waals surface area contributed by atoms with Crippen molar-refractivity contribution in [3.63, 3.8) is 0 Å². The van der Waals surface area contributed by atoms with Crippen molar-refractivity contribution in [2.24, 2.45) is 5.92 Å². The molecule has 0 bridgehead atoms. The van der Waals surface area contributed by atoms with E-state index in [2.05, 4.69) is 19.2 Å². The lowest BCUT2D eigenvalue weighted by Gasteiger charge is -2.36. The molecule has 170 valence electrons. The fourth-order valence-corrected chi connectivity index (χ4v) is 5.60. The van der Waals surface area contributed by atoms with Gasteiger partial charge in [0.1, 0.15) is 5.58 Å². The Kier molecular flexibility index (Phi) is 6.13. The molecule has 1 amide bonds. The Bertz CT molecular complexity index is 1060. The summed E-state index contributed by atoms with van der Waals surface area (Å²) in [4.78, 5) is 12.7. The molecule has 0 radical (unpaired) electrons. The summed E-state index contributed by atoms with van der Waals surface area (Å²) in [5, 5.41) is 3.50. The fourth-order valence-electron chi connectivity index (χ4n) is 4.13. The lowest BCUT2D eigenvalue weighted by atomic mass is 10.1.